The van der Waals surface area contributed by atoms with E-state index >= 15 is 0 Å². The van der Waals surface area contributed by atoms with Crippen molar-refractivity contribution >= 4 is 23.5 Å². The quantitative estimate of drug-likeness (QED) is 0.571. The van der Waals surface area contributed by atoms with E-state index < -0.39 is 0 Å². The highest BCUT2D eigenvalue weighted by molar-refractivity contribution is 7.98. The average Bonchev–Trinajstić information content (AvgIpc) is 2.80. The van der Waals surface area contributed by atoms with Crippen LogP contribution in [-0.2, 0) is 6.54 Å². The summed E-state index contributed by atoms with van der Waals surface area (Å²) >= 11 is 1.68. The zero-order valence-corrected chi connectivity index (χ0v) is 18.6. The fourth-order valence-electron chi connectivity index (χ4n) is 4.87. The summed E-state index contributed by atoms with van der Waals surface area (Å²) in [6, 6.07) is 17.7. The second-order valence-electron chi connectivity index (χ2n) is 8.46. The molecule has 3 aromatic rings. The van der Waals surface area contributed by atoms with E-state index in [2.05, 4.69) is 5.32 Å². The van der Waals surface area contributed by atoms with Crippen molar-refractivity contribution in [3.05, 3.63) is 82.5 Å². The minimum atomic E-state index is -0.384. The van der Waals surface area contributed by atoms with Crippen molar-refractivity contribution in [1.29, 1.82) is 0 Å². The van der Waals surface area contributed by atoms with Crippen LogP contribution < -0.4 is 10.9 Å². The van der Waals surface area contributed by atoms with Crippen molar-refractivity contribution < 1.29 is 9.18 Å². The Kier molecular flexibility index (Phi) is 5.51. The lowest BCUT2D eigenvalue weighted by Gasteiger charge is -2.42. The zero-order valence-electron chi connectivity index (χ0n) is 17.8. The van der Waals surface area contributed by atoms with E-state index in [-0.39, 0.29) is 29.2 Å². The highest BCUT2D eigenvalue weighted by atomic mass is 32.2. The number of carbonyl (C=O) groups is 1. The van der Waals surface area contributed by atoms with Crippen molar-refractivity contribution in [2.24, 2.45) is 5.92 Å². The molecule has 2 amide bonds. The van der Waals surface area contributed by atoms with Gasteiger partial charge in [-0.15, -0.1) is 11.8 Å². The molecule has 0 saturated carbocycles. The molecule has 3 heterocycles. The van der Waals surface area contributed by atoms with E-state index in [0.29, 0.717) is 30.9 Å². The third-order valence-electron chi connectivity index (χ3n) is 6.37. The lowest BCUT2D eigenvalue weighted by molar-refractivity contribution is 0.139. The minimum absolute atomic E-state index is 0.0340. The third-order valence-corrected chi connectivity index (χ3v) is 7.11. The SMILES string of the molecule is CSc1ccc(-c2ccc3n(c2=O)C[C@H]2C[C@@H]3CN(C(=O)Nc3cccc(F)c3)C2)cc1. The van der Waals surface area contributed by atoms with Gasteiger partial charge in [-0.05, 0) is 66.6 Å². The lowest BCUT2D eigenvalue weighted by atomic mass is 9.83. The van der Waals surface area contributed by atoms with Crippen molar-refractivity contribution in [3.63, 3.8) is 0 Å². The monoisotopic (exact) mass is 449 g/mol. The number of rotatable bonds is 3. The van der Waals surface area contributed by atoms with Crippen LogP contribution in [0.5, 0.6) is 0 Å². The van der Waals surface area contributed by atoms with Gasteiger partial charge in [0.05, 0.1) is 0 Å². The molecule has 2 aliphatic rings. The van der Waals surface area contributed by atoms with E-state index in [0.717, 1.165) is 22.6 Å². The van der Waals surface area contributed by atoms with E-state index in [1.165, 1.54) is 12.1 Å². The number of thioether (sulfide) groups is 1. The molecule has 2 bridgehead atoms. The number of hydrogen-bond donors (Lipinski definition) is 1. The molecule has 0 spiro atoms. The summed E-state index contributed by atoms with van der Waals surface area (Å²) in [7, 11) is 0. The molecule has 0 unspecified atom stereocenters. The van der Waals surface area contributed by atoms with Crippen molar-refractivity contribution in [2.45, 2.75) is 23.8 Å². The van der Waals surface area contributed by atoms with Gasteiger partial charge in [-0.2, -0.15) is 0 Å². The number of benzene rings is 2. The van der Waals surface area contributed by atoms with Gasteiger partial charge in [-0.3, -0.25) is 4.79 Å². The van der Waals surface area contributed by atoms with Crippen molar-refractivity contribution in [3.8, 4) is 11.1 Å². The Hall–Kier alpha value is -3.06. The molecule has 2 aliphatic heterocycles. The molecule has 1 aromatic heterocycles. The highest BCUT2D eigenvalue weighted by Crippen LogP contribution is 2.36. The summed E-state index contributed by atoms with van der Waals surface area (Å²) < 4.78 is 15.3. The number of nitrogens with one attached hydrogen (secondary N) is 1. The van der Waals surface area contributed by atoms with Crippen LogP contribution in [-0.4, -0.2) is 34.8 Å². The largest absolute Gasteiger partial charge is 0.324 e. The molecule has 1 saturated heterocycles. The molecule has 1 fully saturated rings. The van der Waals surface area contributed by atoms with Crippen LogP contribution in [0.1, 0.15) is 18.0 Å². The molecule has 0 radical (unpaired) electrons. The summed E-state index contributed by atoms with van der Waals surface area (Å²) in [5.41, 5.74) is 3.10. The number of fused-ring (bicyclic) bond motifs is 4. The van der Waals surface area contributed by atoms with Crippen LogP contribution in [0.3, 0.4) is 0 Å². The Labute approximate surface area is 190 Å². The standard InChI is InChI=1S/C25H24FN3O2S/c1-32-21-7-5-17(6-8-21)22-9-10-23-18-11-16(14-29(23)24(22)30)13-28(15-18)25(31)27-20-4-2-3-19(26)12-20/h2-10,12,16,18H,11,13-15H2,1H3,(H,27,31)/t16-,18+/m0/s1. The Balaban J connectivity index is 1.38. The smallest absolute Gasteiger partial charge is 0.321 e. The van der Waals surface area contributed by atoms with Gasteiger partial charge < -0.3 is 14.8 Å². The van der Waals surface area contributed by atoms with Gasteiger partial charge in [0.2, 0.25) is 0 Å². The Morgan fingerprint density at radius 1 is 1.06 bits per heavy atom. The first-order chi connectivity index (χ1) is 15.5. The molecule has 5 nitrogen and oxygen atoms in total. The number of amides is 2. The van der Waals surface area contributed by atoms with Gasteiger partial charge in [-0.25, -0.2) is 9.18 Å². The first kappa shape index (κ1) is 20.8. The number of nitrogens with zero attached hydrogens (tertiary/aromatic N) is 2. The summed E-state index contributed by atoms with van der Waals surface area (Å²) in [5.74, 6) is -0.0572. The predicted octanol–water partition coefficient (Wildman–Crippen LogP) is 5.03. The molecule has 1 N–H and O–H groups in total. The predicted molar refractivity (Wildman–Crippen MR) is 126 cm³/mol. The number of likely N-dealkylation sites (tertiary alicyclic amines) is 1. The maximum absolute atomic E-state index is 13.4. The molecule has 32 heavy (non-hydrogen) atoms. The second kappa shape index (κ2) is 8.47. The van der Waals surface area contributed by atoms with E-state index in [1.807, 2.05) is 47.2 Å². The number of urea groups is 1. The van der Waals surface area contributed by atoms with Gasteiger partial charge >= 0.3 is 6.03 Å². The van der Waals surface area contributed by atoms with E-state index in [1.54, 1.807) is 28.8 Å². The fourth-order valence-corrected chi connectivity index (χ4v) is 5.28. The number of carbonyl (C=O) groups excluding carboxylic acids is 1. The Morgan fingerprint density at radius 3 is 2.62 bits per heavy atom. The van der Waals surface area contributed by atoms with Crippen LogP contribution in [0.25, 0.3) is 11.1 Å². The summed E-state index contributed by atoms with van der Waals surface area (Å²) in [6.45, 7) is 1.72. The van der Waals surface area contributed by atoms with Gasteiger partial charge in [0.1, 0.15) is 5.82 Å². The molecule has 0 aliphatic carbocycles. The zero-order chi connectivity index (χ0) is 22.2. The van der Waals surface area contributed by atoms with Crippen LogP contribution >= 0.6 is 11.8 Å². The number of halogens is 1. The maximum atomic E-state index is 13.4. The number of anilines is 1. The lowest BCUT2D eigenvalue weighted by Crippen LogP contribution is -2.50. The van der Waals surface area contributed by atoms with Crippen molar-refractivity contribution in [2.75, 3.05) is 24.7 Å². The maximum Gasteiger partial charge on any atom is 0.321 e. The van der Waals surface area contributed by atoms with Gasteiger partial charge in [0.15, 0.2) is 0 Å². The van der Waals surface area contributed by atoms with Crippen molar-refractivity contribution in [1.82, 2.24) is 9.47 Å². The summed E-state index contributed by atoms with van der Waals surface area (Å²) in [4.78, 5) is 29.1. The van der Waals surface area contributed by atoms with Crippen LogP contribution in [0.2, 0.25) is 0 Å². The first-order valence-corrected chi connectivity index (χ1v) is 11.9. The molecule has 2 atom stereocenters. The summed E-state index contributed by atoms with van der Waals surface area (Å²) in [6.07, 6.45) is 2.99. The number of pyridine rings is 1. The van der Waals surface area contributed by atoms with E-state index in [4.69, 9.17) is 0 Å². The van der Waals surface area contributed by atoms with Crippen LogP contribution in [0, 0.1) is 11.7 Å². The van der Waals surface area contributed by atoms with Gasteiger partial charge in [-0.1, -0.05) is 18.2 Å². The molecule has 5 rings (SSSR count). The average molecular weight is 450 g/mol. The van der Waals surface area contributed by atoms with E-state index in [9.17, 15) is 14.0 Å². The number of hydrogen-bond acceptors (Lipinski definition) is 3. The first-order valence-electron chi connectivity index (χ1n) is 10.7. The molecule has 164 valence electrons. The van der Waals surface area contributed by atoms with Crippen LogP contribution in [0.15, 0.2) is 70.4 Å². The van der Waals surface area contributed by atoms with Gasteiger partial charge in [0, 0.05) is 47.4 Å². The second-order valence-corrected chi connectivity index (χ2v) is 9.34. The third kappa shape index (κ3) is 3.93. The van der Waals surface area contributed by atoms with Crippen LogP contribution in [0.4, 0.5) is 14.9 Å². The molecular weight excluding hydrogens is 425 g/mol. The Morgan fingerprint density at radius 2 is 1.88 bits per heavy atom. The normalized spacial score (nSPS) is 19.4. The fraction of sp³-hybridized carbons (Fsp3) is 0.280. The molecule has 7 heteroatoms. The Bertz CT molecular complexity index is 1220. The highest BCUT2D eigenvalue weighted by Gasteiger charge is 2.36. The summed E-state index contributed by atoms with van der Waals surface area (Å²) in [5, 5.41) is 2.79. The topological polar surface area (TPSA) is 54.3 Å². The molecule has 2 aromatic carbocycles. The minimum Gasteiger partial charge on any atom is -0.324 e. The number of aromatic nitrogens is 1. The number of piperidine rings is 1. The van der Waals surface area contributed by atoms with Gasteiger partial charge in [0.25, 0.3) is 5.56 Å². The molecular formula is C25H24FN3O2S.